The second-order valence-corrected chi connectivity index (χ2v) is 5.47. The van der Waals surface area contributed by atoms with E-state index in [9.17, 15) is 9.59 Å². The average Bonchev–Trinajstić information content (AvgIpc) is 2.62. The van der Waals surface area contributed by atoms with Crippen LogP contribution in [-0.2, 0) is 9.59 Å². The van der Waals surface area contributed by atoms with E-state index in [2.05, 4.69) is 19.2 Å². The van der Waals surface area contributed by atoms with Gasteiger partial charge in [-0.1, -0.05) is 26.7 Å². The maximum atomic E-state index is 12.1. The van der Waals surface area contributed by atoms with E-state index in [0.29, 0.717) is 5.92 Å². The van der Waals surface area contributed by atoms with Crippen molar-refractivity contribution in [2.75, 3.05) is 6.54 Å². The number of ketones is 1. The molecule has 1 amide bonds. The Bertz CT molecular complexity index is 265. The van der Waals surface area contributed by atoms with Gasteiger partial charge in [0.1, 0.15) is 5.78 Å². The van der Waals surface area contributed by atoms with Gasteiger partial charge in [0.2, 0.25) is 5.91 Å². The summed E-state index contributed by atoms with van der Waals surface area (Å²) in [5, 5.41) is 2.78. The third-order valence-corrected chi connectivity index (χ3v) is 3.34. The molecule has 3 heteroatoms. The number of nitrogens with one attached hydrogen (secondary N) is 1. The quantitative estimate of drug-likeness (QED) is 0.780. The van der Waals surface area contributed by atoms with Gasteiger partial charge >= 0.3 is 0 Å². The Labute approximate surface area is 98.0 Å². The minimum atomic E-state index is -0.191. The predicted molar refractivity (Wildman–Crippen MR) is 64.0 cm³/mol. The molecule has 0 aliphatic heterocycles. The molecule has 0 bridgehead atoms. The van der Waals surface area contributed by atoms with E-state index in [4.69, 9.17) is 0 Å². The molecule has 1 fully saturated rings. The van der Waals surface area contributed by atoms with Crippen molar-refractivity contribution in [1.29, 1.82) is 0 Å². The first-order valence-corrected chi connectivity index (χ1v) is 6.24. The maximum absolute atomic E-state index is 12.1. The summed E-state index contributed by atoms with van der Waals surface area (Å²) in [7, 11) is 0. The number of hydrogen-bond donors (Lipinski definition) is 1. The van der Waals surface area contributed by atoms with Crippen molar-refractivity contribution in [3.05, 3.63) is 0 Å². The average molecular weight is 225 g/mol. The molecule has 1 rings (SSSR count). The van der Waals surface area contributed by atoms with Crippen LogP contribution in [0.4, 0.5) is 0 Å². The third-order valence-electron chi connectivity index (χ3n) is 3.34. The predicted octanol–water partition coefficient (Wildman–Crippen LogP) is 2.30. The van der Waals surface area contributed by atoms with E-state index < -0.39 is 0 Å². The SMILES string of the molecule is CC(=O)CNC(=O)C1(CC(C)C)CCCC1. The Morgan fingerprint density at radius 1 is 1.25 bits per heavy atom. The highest BCUT2D eigenvalue weighted by atomic mass is 16.2. The Kier molecular flexibility index (Phi) is 4.51. The van der Waals surface area contributed by atoms with E-state index in [1.165, 1.54) is 6.92 Å². The van der Waals surface area contributed by atoms with E-state index in [0.717, 1.165) is 32.1 Å². The van der Waals surface area contributed by atoms with Crippen molar-refractivity contribution in [2.24, 2.45) is 11.3 Å². The van der Waals surface area contributed by atoms with Gasteiger partial charge in [-0.15, -0.1) is 0 Å². The number of amides is 1. The van der Waals surface area contributed by atoms with Crippen LogP contribution in [0, 0.1) is 11.3 Å². The Balaban J connectivity index is 2.61. The fraction of sp³-hybridized carbons (Fsp3) is 0.846. The van der Waals surface area contributed by atoms with Gasteiger partial charge in [0, 0.05) is 5.41 Å². The zero-order chi connectivity index (χ0) is 12.2. The van der Waals surface area contributed by atoms with Crippen LogP contribution in [0.3, 0.4) is 0 Å². The summed E-state index contributed by atoms with van der Waals surface area (Å²) >= 11 is 0. The van der Waals surface area contributed by atoms with Crippen LogP contribution >= 0.6 is 0 Å². The van der Waals surface area contributed by atoms with E-state index >= 15 is 0 Å². The van der Waals surface area contributed by atoms with Gasteiger partial charge < -0.3 is 5.32 Å². The molecule has 0 spiro atoms. The summed E-state index contributed by atoms with van der Waals surface area (Å²) in [5.41, 5.74) is -0.191. The number of hydrogen-bond acceptors (Lipinski definition) is 2. The summed E-state index contributed by atoms with van der Waals surface area (Å²) in [6.45, 7) is 5.99. The van der Waals surface area contributed by atoms with Gasteiger partial charge in [0.15, 0.2) is 0 Å². The van der Waals surface area contributed by atoms with Gasteiger partial charge in [-0.25, -0.2) is 0 Å². The Morgan fingerprint density at radius 3 is 2.25 bits per heavy atom. The zero-order valence-corrected chi connectivity index (χ0v) is 10.6. The molecule has 0 aromatic heterocycles. The normalized spacial score (nSPS) is 18.8. The van der Waals surface area contributed by atoms with Crippen molar-refractivity contribution in [2.45, 2.75) is 52.9 Å². The van der Waals surface area contributed by atoms with Crippen molar-refractivity contribution in [1.82, 2.24) is 5.32 Å². The van der Waals surface area contributed by atoms with Crippen molar-refractivity contribution in [3.63, 3.8) is 0 Å². The first-order chi connectivity index (χ1) is 7.46. The Hall–Kier alpha value is -0.860. The van der Waals surface area contributed by atoms with E-state index in [-0.39, 0.29) is 23.7 Å². The molecule has 1 aliphatic rings. The lowest BCUT2D eigenvalue weighted by Crippen LogP contribution is -2.41. The lowest BCUT2D eigenvalue weighted by atomic mass is 9.77. The molecule has 3 nitrogen and oxygen atoms in total. The summed E-state index contributed by atoms with van der Waals surface area (Å²) in [6.07, 6.45) is 5.18. The molecule has 16 heavy (non-hydrogen) atoms. The van der Waals surface area contributed by atoms with Gasteiger partial charge in [0.25, 0.3) is 0 Å². The highest BCUT2D eigenvalue weighted by Gasteiger charge is 2.41. The van der Waals surface area contributed by atoms with E-state index in [1.54, 1.807) is 0 Å². The molecule has 0 heterocycles. The molecule has 0 saturated heterocycles. The fourth-order valence-corrected chi connectivity index (χ4v) is 2.75. The van der Waals surface area contributed by atoms with Crippen molar-refractivity contribution < 1.29 is 9.59 Å². The summed E-state index contributed by atoms with van der Waals surface area (Å²) < 4.78 is 0. The molecule has 0 aromatic rings. The largest absolute Gasteiger partial charge is 0.349 e. The first kappa shape index (κ1) is 13.2. The minimum Gasteiger partial charge on any atom is -0.349 e. The maximum Gasteiger partial charge on any atom is 0.226 e. The zero-order valence-electron chi connectivity index (χ0n) is 10.6. The van der Waals surface area contributed by atoms with Gasteiger partial charge in [-0.2, -0.15) is 0 Å². The van der Waals surface area contributed by atoms with Gasteiger partial charge in [-0.05, 0) is 32.1 Å². The number of Topliss-reactive ketones (excluding diaryl/α,β-unsaturated/α-hetero) is 1. The van der Waals surface area contributed by atoms with Crippen molar-refractivity contribution >= 4 is 11.7 Å². The van der Waals surface area contributed by atoms with Crippen LogP contribution in [0.5, 0.6) is 0 Å². The van der Waals surface area contributed by atoms with Crippen molar-refractivity contribution in [3.8, 4) is 0 Å². The molecular formula is C13H23NO2. The monoisotopic (exact) mass is 225 g/mol. The fourth-order valence-electron chi connectivity index (χ4n) is 2.75. The summed E-state index contributed by atoms with van der Waals surface area (Å²) in [4.78, 5) is 23.0. The van der Waals surface area contributed by atoms with Crippen LogP contribution in [0.25, 0.3) is 0 Å². The van der Waals surface area contributed by atoms with Gasteiger partial charge in [0.05, 0.1) is 6.54 Å². The van der Waals surface area contributed by atoms with Crippen LogP contribution < -0.4 is 5.32 Å². The molecule has 92 valence electrons. The minimum absolute atomic E-state index is 0.0195. The lowest BCUT2D eigenvalue weighted by Gasteiger charge is -2.29. The Morgan fingerprint density at radius 2 is 1.81 bits per heavy atom. The molecule has 1 aliphatic carbocycles. The summed E-state index contributed by atoms with van der Waals surface area (Å²) in [6, 6.07) is 0. The molecule has 0 atom stereocenters. The van der Waals surface area contributed by atoms with Crippen LogP contribution in [0.1, 0.15) is 52.9 Å². The molecule has 0 radical (unpaired) electrons. The second kappa shape index (κ2) is 5.46. The highest BCUT2D eigenvalue weighted by Crippen LogP contribution is 2.43. The first-order valence-electron chi connectivity index (χ1n) is 6.24. The molecule has 1 saturated carbocycles. The summed E-state index contributed by atoms with van der Waals surface area (Å²) in [5.74, 6) is 0.640. The van der Waals surface area contributed by atoms with Crippen LogP contribution in [-0.4, -0.2) is 18.2 Å². The third kappa shape index (κ3) is 3.32. The van der Waals surface area contributed by atoms with Crippen LogP contribution in [0.2, 0.25) is 0 Å². The van der Waals surface area contributed by atoms with Crippen LogP contribution in [0.15, 0.2) is 0 Å². The second-order valence-electron chi connectivity index (χ2n) is 5.47. The number of carbonyl (C=O) groups excluding carboxylic acids is 2. The molecular weight excluding hydrogens is 202 g/mol. The number of carbonyl (C=O) groups is 2. The standard InChI is InChI=1S/C13H23NO2/c1-10(2)8-13(6-4-5-7-13)12(16)14-9-11(3)15/h10H,4-9H2,1-3H3,(H,14,16). The highest BCUT2D eigenvalue weighted by molar-refractivity contribution is 5.87. The molecule has 0 aromatic carbocycles. The lowest BCUT2D eigenvalue weighted by molar-refractivity contribution is -0.133. The van der Waals surface area contributed by atoms with E-state index in [1.807, 2.05) is 0 Å². The molecule has 0 unspecified atom stereocenters. The topological polar surface area (TPSA) is 46.2 Å². The van der Waals surface area contributed by atoms with Gasteiger partial charge in [-0.3, -0.25) is 9.59 Å². The smallest absolute Gasteiger partial charge is 0.226 e. The number of rotatable bonds is 5. The molecule has 1 N–H and O–H groups in total.